The van der Waals surface area contributed by atoms with E-state index in [1.165, 1.54) is 0 Å². The molecule has 0 saturated carbocycles. The monoisotopic (exact) mass is 410 g/mol. The second kappa shape index (κ2) is 9.07. The van der Waals surface area contributed by atoms with Crippen LogP contribution < -0.4 is 5.32 Å². The zero-order valence-electron chi connectivity index (χ0n) is 15.8. The summed E-state index contributed by atoms with van der Waals surface area (Å²) >= 11 is 6.16. The van der Waals surface area contributed by atoms with E-state index in [4.69, 9.17) is 25.8 Å². The molecular weight excluding hydrogens is 384 g/mol. The number of rotatable bonds is 6. The van der Waals surface area contributed by atoms with Gasteiger partial charge in [-0.25, -0.2) is 0 Å². The van der Waals surface area contributed by atoms with Crippen molar-refractivity contribution in [3.8, 4) is 0 Å². The van der Waals surface area contributed by atoms with Gasteiger partial charge < -0.3 is 29.5 Å². The summed E-state index contributed by atoms with van der Waals surface area (Å²) in [6, 6.07) is 7.67. The number of halogens is 1. The van der Waals surface area contributed by atoms with E-state index >= 15 is 0 Å². The Morgan fingerprint density at radius 1 is 1.25 bits per heavy atom. The summed E-state index contributed by atoms with van der Waals surface area (Å²) in [6.45, 7) is 3.58. The minimum atomic E-state index is -0.702. The van der Waals surface area contributed by atoms with E-state index in [0.717, 1.165) is 10.6 Å². The molecule has 0 bridgehead atoms. The summed E-state index contributed by atoms with van der Waals surface area (Å²) in [5.41, 5.74) is 1.01. The van der Waals surface area contributed by atoms with Crippen LogP contribution in [0.1, 0.15) is 18.4 Å². The van der Waals surface area contributed by atoms with Crippen molar-refractivity contribution in [2.75, 3.05) is 32.8 Å². The lowest BCUT2D eigenvalue weighted by Crippen LogP contribution is -2.42. The smallest absolute Gasteiger partial charge is 0.225 e. The van der Waals surface area contributed by atoms with Gasteiger partial charge in [-0.15, -0.1) is 0 Å². The number of amides is 1. The molecule has 3 heterocycles. The fraction of sp³-hybridized carbons (Fsp3) is 0.650. The number of ether oxygens (including phenoxy) is 3. The molecule has 1 aromatic rings. The molecule has 1 amide bonds. The van der Waals surface area contributed by atoms with E-state index in [2.05, 4.69) is 5.32 Å². The van der Waals surface area contributed by atoms with Crippen molar-refractivity contribution in [1.29, 1.82) is 0 Å². The SMILES string of the molecule is O=C(CC1CC2OC(CNCc3ccccc3Cl)C(O)C2O1)N1CCOCC1. The second-order valence-corrected chi connectivity index (χ2v) is 7.99. The minimum Gasteiger partial charge on any atom is -0.388 e. The number of benzene rings is 1. The lowest BCUT2D eigenvalue weighted by molar-refractivity contribution is -0.138. The van der Waals surface area contributed by atoms with Crippen LogP contribution in [-0.4, -0.2) is 79.3 Å². The van der Waals surface area contributed by atoms with E-state index in [-0.39, 0.29) is 30.3 Å². The first-order chi connectivity index (χ1) is 13.6. The largest absolute Gasteiger partial charge is 0.388 e. The number of morpholine rings is 1. The van der Waals surface area contributed by atoms with Crippen LogP contribution in [0.3, 0.4) is 0 Å². The normalized spacial score (nSPS) is 32.5. The highest BCUT2D eigenvalue weighted by Gasteiger charge is 2.50. The number of aliphatic hydroxyl groups is 1. The third-order valence-electron chi connectivity index (χ3n) is 5.66. The number of aliphatic hydroxyl groups excluding tert-OH is 1. The van der Waals surface area contributed by atoms with Crippen LogP contribution in [0.5, 0.6) is 0 Å². The molecule has 7 nitrogen and oxygen atoms in total. The third-order valence-corrected chi connectivity index (χ3v) is 6.03. The molecule has 3 aliphatic rings. The first-order valence-corrected chi connectivity index (χ1v) is 10.3. The predicted octanol–water partition coefficient (Wildman–Crippen LogP) is 0.964. The highest BCUT2D eigenvalue weighted by molar-refractivity contribution is 6.31. The average molecular weight is 411 g/mol. The van der Waals surface area contributed by atoms with Gasteiger partial charge in [-0.3, -0.25) is 4.79 Å². The van der Waals surface area contributed by atoms with Crippen molar-refractivity contribution >= 4 is 17.5 Å². The Bertz CT molecular complexity index is 684. The van der Waals surface area contributed by atoms with Crippen LogP contribution in [0.15, 0.2) is 24.3 Å². The fourth-order valence-corrected chi connectivity index (χ4v) is 4.34. The van der Waals surface area contributed by atoms with E-state index in [1.54, 1.807) is 0 Å². The van der Waals surface area contributed by atoms with Gasteiger partial charge in [-0.2, -0.15) is 0 Å². The average Bonchev–Trinajstić information content (AvgIpc) is 3.22. The molecule has 3 aliphatic heterocycles. The summed E-state index contributed by atoms with van der Waals surface area (Å²) in [4.78, 5) is 14.2. The van der Waals surface area contributed by atoms with Gasteiger partial charge in [0, 0.05) is 37.6 Å². The summed E-state index contributed by atoms with van der Waals surface area (Å²) in [5.74, 6) is 0.0840. The third kappa shape index (κ3) is 4.50. The van der Waals surface area contributed by atoms with Gasteiger partial charge in [0.05, 0.1) is 37.9 Å². The van der Waals surface area contributed by atoms with Crippen molar-refractivity contribution in [1.82, 2.24) is 10.2 Å². The van der Waals surface area contributed by atoms with Gasteiger partial charge >= 0.3 is 0 Å². The number of fused-ring (bicyclic) bond motifs is 1. The van der Waals surface area contributed by atoms with Gasteiger partial charge in [0.2, 0.25) is 5.91 Å². The van der Waals surface area contributed by atoms with Gasteiger partial charge in [0.1, 0.15) is 12.2 Å². The summed E-state index contributed by atoms with van der Waals surface area (Å²) in [5, 5.41) is 14.6. The highest BCUT2D eigenvalue weighted by atomic mass is 35.5. The molecular formula is C20H27ClN2O5. The maximum absolute atomic E-state index is 12.4. The van der Waals surface area contributed by atoms with Crippen molar-refractivity contribution in [2.24, 2.45) is 0 Å². The molecule has 5 unspecified atom stereocenters. The molecule has 3 fully saturated rings. The molecule has 154 valence electrons. The quantitative estimate of drug-likeness (QED) is 0.727. The maximum Gasteiger partial charge on any atom is 0.225 e. The Morgan fingerprint density at radius 3 is 2.79 bits per heavy atom. The van der Waals surface area contributed by atoms with Gasteiger partial charge in [-0.1, -0.05) is 29.8 Å². The van der Waals surface area contributed by atoms with E-state index in [9.17, 15) is 9.90 Å². The molecule has 0 aromatic heterocycles. The predicted molar refractivity (Wildman–Crippen MR) is 103 cm³/mol. The standard InChI is InChI=1S/C20H27ClN2O5/c21-15-4-2-1-3-13(15)11-22-12-17-19(25)20-16(28-17)9-14(27-20)10-18(24)23-5-7-26-8-6-23/h1-4,14,16-17,19-20,22,25H,5-12H2. The van der Waals surface area contributed by atoms with Gasteiger partial charge in [-0.05, 0) is 11.6 Å². The Labute approximate surface area is 169 Å². The Morgan fingerprint density at radius 2 is 2.04 bits per heavy atom. The van der Waals surface area contributed by atoms with Crippen LogP contribution in [0, 0.1) is 0 Å². The lowest BCUT2D eigenvalue weighted by Gasteiger charge is -2.28. The molecule has 0 spiro atoms. The maximum atomic E-state index is 12.4. The van der Waals surface area contributed by atoms with Gasteiger partial charge in [0.15, 0.2) is 0 Å². The molecule has 4 rings (SSSR count). The molecule has 5 atom stereocenters. The van der Waals surface area contributed by atoms with Crippen molar-refractivity contribution < 1.29 is 24.1 Å². The van der Waals surface area contributed by atoms with E-state index in [1.807, 2.05) is 29.2 Å². The first kappa shape index (κ1) is 20.1. The van der Waals surface area contributed by atoms with Crippen LogP contribution in [-0.2, 0) is 25.5 Å². The van der Waals surface area contributed by atoms with Crippen LogP contribution >= 0.6 is 11.6 Å². The lowest BCUT2D eigenvalue weighted by atomic mass is 10.1. The first-order valence-electron chi connectivity index (χ1n) is 9.90. The Balaban J connectivity index is 1.22. The van der Waals surface area contributed by atoms with Crippen LogP contribution in [0.25, 0.3) is 0 Å². The Hall–Kier alpha value is -1.22. The van der Waals surface area contributed by atoms with Crippen LogP contribution in [0.4, 0.5) is 0 Å². The zero-order chi connectivity index (χ0) is 19.5. The zero-order valence-corrected chi connectivity index (χ0v) is 16.5. The van der Waals surface area contributed by atoms with E-state index in [0.29, 0.717) is 52.2 Å². The molecule has 3 saturated heterocycles. The number of nitrogens with one attached hydrogen (secondary N) is 1. The minimum absolute atomic E-state index is 0.0840. The molecule has 8 heteroatoms. The van der Waals surface area contributed by atoms with Crippen molar-refractivity contribution in [3.63, 3.8) is 0 Å². The number of carbonyl (C=O) groups excluding carboxylic acids is 1. The Kier molecular flexibility index (Phi) is 6.50. The number of hydrogen-bond donors (Lipinski definition) is 2. The molecule has 0 radical (unpaired) electrons. The second-order valence-electron chi connectivity index (χ2n) is 7.58. The van der Waals surface area contributed by atoms with E-state index < -0.39 is 6.10 Å². The topological polar surface area (TPSA) is 80.3 Å². The number of hydrogen-bond acceptors (Lipinski definition) is 6. The van der Waals surface area contributed by atoms with Crippen molar-refractivity contribution in [2.45, 2.75) is 49.9 Å². The number of carbonyl (C=O) groups is 1. The summed E-state index contributed by atoms with van der Waals surface area (Å²) in [6.07, 6.45) is -0.783. The fourth-order valence-electron chi connectivity index (χ4n) is 4.14. The number of nitrogens with zero attached hydrogens (tertiary/aromatic N) is 1. The highest BCUT2D eigenvalue weighted by Crippen LogP contribution is 2.35. The van der Waals surface area contributed by atoms with Crippen LogP contribution in [0.2, 0.25) is 5.02 Å². The van der Waals surface area contributed by atoms with Gasteiger partial charge in [0.25, 0.3) is 0 Å². The summed E-state index contributed by atoms with van der Waals surface area (Å²) < 4.78 is 17.3. The summed E-state index contributed by atoms with van der Waals surface area (Å²) in [7, 11) is 0. The molecule has 0 aliphatic carbocycles. The van der Waals surface area contributed by atoms with Crippen molar-refractivity contribution in [3.05, 3.63) is 34.9 Å². The molecule has 28 heavy (non-hydrogen) atoms. The molecule has 1 aromatic carbocycles. The molecule has 2 N–H and O–H groups in total.